The van der Waals surface area contributed by atoms with E-state index >= 15 is 0 Å². The molecule has 0 saturated heterocycles. The van der Waals surface area contributed by atoms with Crippen LogP contribution in [0.1, 0.15) is 12.1 Å². The minimum absolute atomic E-state index is 0.144. The topological polar surface area (TPSA) is 98.7 Å². The van der Waals surface area contributed by atoms with Crippen molar-refractivity contribution in [3.8, 4) is 11.1 Å². The van der Waals surface area contributed by atoms with Crippen LogP contribution in [0.2, 0.25) is 0 Å². The van der Waals surface area contributed by atoms with Crippen molar-refractivity contribution in [3.05, 3.63) is 67.8 Å². The summed E-state index contributed by atoms with van der Waals surface area (Å²) < 4.78 is 2.19. The number of likely N-dealkylation sites (N-methyl/N-ethyl adjacent to an activating group) is 1. The molecule has 0 unspecified atom stereocenters. The molecule has 1 aromatic carbocycles. The molecule has 1 aliphatic rings. The predicted molar refractivity (Wildman–Crippen MR) is 121 cm³/mol. The first-order valence-electron chi connectivity index (χ1n) is 9.55. The van der Waals surface area contributed by atoms with Crippen LogP contribution in [0.25, 0.3) is 38.6 Å². The van der Waals surface area contributed by atoms with Gasteiger partial charge in [0.15, 0.2) is 0 Å². The molecular weight excluding hydrogens is 376 g/mol. The Kier molecular flexibility index (Phi) is 5.02. The summed E-state index contributed by atoms with van der Waals surface area (Å²) >= 11 is 0. The van der Waals surface area contributed by atoms with Gasteiger partial charge >= 0.3 is 0 Å². The largest absolute Gasteiger partial charge is 0.383 e. The second kappa shape index (κ2) is 7.79. The number of aryl methyl sites for hydroxylation is 1. The highest BCUT2D eigenvalue weighted by Gasteiger charge is 2.27. The number of amides is 1. The highest BCUT2D eigenvalue weighted by Crippen LogP contribution is 2.43. The van der Waals surface area contributed by atoms with Gasteiger partial charge in [-0.15, -0.1) is 0 Å². The Balaban J connectivity index is 0.000000322. The van der Waals surface area contributed by atoms with Gasteiger partial charge in [0, 0.05) is 36.3 Å². The van der Waals surface area contributed by atoms with E-state index in [1.54, 1.807) is 7.05 Å². The first-order chi connectivity index (χ1) is 14.5. The molecule has 4 heterocycles. The lowest BCUT2D eigenvalue weighted by atomic mass is 9.99. The number of fused-ring (bicyclic) bond motifs is 4. The highest BCUT2D eigenvalue weighted by atomic mass is 16.1. The Morgan fingerprint density at radius 2 is 2.07 bits per heavy atom. The number of allylic oxidation sites excluding steroid dienone is 1. The number of rotatable bonds is 2. The smallest absolute Gasteiger partial charge is 0.243 e. The molecule has 0 spiro atoms. The van der Waals surface area contributed by atoms with E-state index in [2.05, 4.69) is 50.1 Å². The van der Waals surface area contributed by atoms with Crippen LogP contribution in [-0.4, -0.2) is 32.5 Å². The molecular formula is C23H22N6O. The van der Waals surface area contributed by atoms with Crippen molar-refractivity contribution in [2.24, 2.45) is 0 Å². The van der Waals surface area contributed by atoms with Crippen molar-refractivity contribution in [1.29, 1.82) is 0 Å². The maximum atomic E-state index is 9.95. The van der Waals surface area contributed by atoms with Gasteiger partial charge in [0.1, 0.15) is 17.8 Å². The van der Waals surface area contributed by atoms with E-state index in [4.69, 9.17) is 5.73 Å². The van der Waals surface area contributed by atoms with E-state index in [0.717, 1.165) is 57.3 Å². The number of aromatic nitrogens is 4. The number of nitrogens with one attached hydrogen (secondary N) is 1. The van der Waals surface area contributed by atoms with E-state index in [-0.39, 0.29) is 5.91 Å². The fourth-order valence-electron chi connectivity index (χ4n) is 3.73. The van der Waals surface area contributed by atoms with E-state index in [1.807, 2.05) is 24.4 Å². The number of pyridine rings is 1. The van der Waals surface area contributed by atoms with Gasteiger partial charge in [0.05, 0.1) is 16.6 Å². The number of carbonyl (C=O) groups excluding carboxylic acids is 1. The SMILES string of the molecule is C=C1CCn2c1c(-c1cnc3ccccc3c1)c1c(N)ncnc12.C=CC(=O)NC. The third kappa shape index (κ3) is 3.20. The molecule has 0 radical (unpaired) electrons. The van der Waals surface area contributed by atoms with Gasteiger partial charge in [-0.25, -0.2) is 9.97 Å². The summed E-state index contributed by atoms with van der Waals surface area (Å²) in [5.74, 6) is 0.354. The molecule has 4 aromatic rings. The average molecular weight is 398 g/mol. The number of nitrogens with zero attached hydrogens (tertiary/aromatic N) is 4. The summed E-state index contributed by atoms with van der Waals surface area (Å²) in [6.07, 6.45) is 5.58. The number of hydrogen-bond acceptors (Lipinski definition) is 5. The third-order valence-corrected chi connectivity index (χ3v) is 5.15. The molecule has 30 heavy (non-hydrogen) atoms. The molecule has 7 nitrogen and oxygen atoms in total. The maximum absolute atomic E-state index is 9.95. The lowest BCUT2D eigenvalue weighted by Gasteiger charge is -2.06. The van der Waals surface area contributed by atoms with Crippen molar-refractivity contribution in [3.63, 3.8) is 0 Å². The number of nitrogens with two attached hydrogens (primary N) is 1. The van der Waals surface area contributed by atoms with Crippen molar-refractivity contribution in [1.82, 2.24) is 24.8 Å². The van der Waals surface area contributed by atoms with Gasteiger partial charge in [-0.1, -0.05) is 31.4 Å². The first kappa shape index (κ1) is 19.3. The molecule has 3 N–H and O–H groups in total. The summed E-state index contributed by atoms with van der Waals surface area (Å²) in [6, 6.07) is 10.2. The third-order valence-electron chi connectivity index (χ3n) is 5.15. The molecule has 3 aromatic heterocycles. The van der Waals surface area contributed by atoms with E-state index in [1.165, 1.54) is 12.4 Å². The zero-order valence-corrected chi connectivity index (χ0v) is 16.7. The minimum Gasteiger partial charge on any atom is -0.383 e. The monoisotopic (exact) mass is 398 g/mol. The Bertz CT molecular complexity index is 1300. The number of para-hydroxylation sites is 1. The quantitative estimate of drug-likeness (QED) is 0.503. The van der Waals surface area contributed by atoms with Gasteiger partial charge in [-0.05, 0) is 30.2 Å². The van der Waals surface area contributed by atoms with Crippen molar-refractivity contribution < 1.29 is 4.79 Å². The molecule has 0 aliphatic carbocycles. The zero-order chi connectivity index (χ0) is 21.3. The molecule has 0 atom stereocenters. The van der Waals surface area contributed by atoms with Gasteiger partial charge in [0.2, 0.25) is 5.91 Å². The van der Waals surface area contributed by atoms with Crippen LogP contribution in [0.15, 0.2) is 62.1 Å². The van der Waals surface area contributed by atoms with Crippen LogP contribution < -0.4 is 11.1 Å². The van der Waals surface area contributed by atoms with E-state index < -0.39 is 0 Å². The Hall–Kier alpha value is -4.00. The van der Waals surface area contributed by atoms with Crippen molar-refractivity contribution in [2.45, 2.75) is 13.0 Å². The van der Waals surface area contributed by atoms with Gasteiger partial charge in [0.25, 0.3) is 0 Å². The molecule has 0 bridgehead atoms. The maximum Gasteiger partial charge on any atom is 0.243 e. The van der Waals surface area contributed by atoms with Crippen LogP contribution in [0.3, 0.4) is 0 Å². The number of nitrogen functional groups attached to an aromatic ring is 1. The molecule has 1 aliphatic heterocycles. The number of hydrogen-bond donors (Lipinski definition) is 2. The summed E-state index contributed by atoms with van der Waals surface area (Å²) in [6.45, 7) is 8.34. The standard InChI is InChI=1S/C19H15N5.C4H7NO/c1-11-6-7-24-17(11)15(16-18(20)22-10-23-19(16)24)13-8-12-4-2-3-5-14(12)21-9-13;1-3-4(6)5-2/h2-5,8-10H,1,6-7H2,(H2,20,22,23);3H,1H2,2H3,(H,5,6). The Morgan fingerprint density at radius 1 is 1.27 bits per heavy atom. The predicted octanol–water partition coefficient (Wildman–Crippen LogP) is 3.56. The fourth-order valence-corrected chi connectivity index (χ4v) is 3.73. The molecule has 1 amide bonds. The summed E-state index contributed by atoms with van der Waals surface area (Å²) in [4.78, 5) is 23.2. The van der Waals surface area contributed by atoms with Crippen LogP contribution >= 0.6 is 0 Å². The Morgan fingerprint density at radius 3 is 2.80 bits per heavy atom. The first-order valence-corrected chi connectivity index (χ1v) is 9.55. The number of anilines is 1. The average Bonchev–Trinajstić information content (AvgIpc) is 3.32. The minimum atomic E-state index is -0.144. The Labute approximate surface area is 174 Å². The molecule has 150 valence electrons. The lowest BCUT2D eigenvalue weighted by molar-refractivity contribution is -0.116. The zero-order valence-electron chi connectivity index (χ0n) is 16.7. The van der Waals surface area contributed by atoms with E-state index in [0.29, 0.717) is 5.82 Å². The normalized spacial score (nSPS) is 12.4. The second-order valence-electron chi connectivity index (χ2n) is 6.92. The molecule has 5 rings (SSSR count). The lowest BCUT2D eigenvalue weighted by Crippen LogP contribution is -2.13. The van der Waals surface area contributed by atoms with Crippen LogP contribution in [-0.2, 0) is 11.3 Å². The summed E-state index contributed by atoms with van der Waals surface area (Å²) in [5, 5.41) is 4.35. The molecule has 7 heteroatoms. The van der Waals surface area contributed by atoms with E-state index in [9.17, 15) is 4.79 Å². The fraction of sp³-hybridized carbons (Fsp3) is 0.130. The van der Waals surface area contributed by atoms with Crippen molar-refractivity contribution >= 4 is 39.2 Å². The summed E-state index contributed by atoms with van der Waals surface area (Å²) in [7, 11) is 1.56. The highest BCUT2D eigenvalue weighted by molar-refractivity contribution is 6.07. The second-order valence-corrected chi connectivity index (χ2v) is 6.92. The summed E-state index contributed by atoms with van der Waals surface area (Å²) in [5.41, 5.74) is 12.3. The van der Waals surface area contributed by atoms with Gasteiger partial charge in [-0.2, -0.15) is 0 Å². The number of carbonyl (C=O) groups is 1. The number of benzene rings is 1. The van der Waals surface area contributed by atoms with Crippen LogP contribution in [0.4, 0.5) is 5.82 Å². The molecule has 0 saturated carbocycles. The van der Waals surface area contributed by atoms with Gasteiger partial charge < -0.3 is 15.6 Å². The van der Waals surface area contributed by atoms with Crippen molar-refractivity contribution in [2.75, 3.05) is 12.8 Å². The van der Waals surface area contributed by atoms with Crippen LogP contribution in [0.5, 0.6) is 0 Å². The molecule has 0 fully saturated rings. The van der Waals surface area contributed by atoms with Gasteiger partial charge in [-0.3, -0.25) is 9.78 Å². The van der Waals surface area contributed by atoms with Crippen LogP contribution in [0, 0.1) is 0 Å².